The summed E-state index contributed by atoms with van der Waals surface area (Å²) in [5, 5.41) is 0. The molecule has 3 rings (SSSR count). The SMILES string of the molecule is CC1CC1C(=O)N(C)CC1COc2ccccc2O1. The third-order valence-electron chi connectivity index (χ3n) is 3.85. The lowest BCUT2D eigenvalue weighted by Crippen LogP contribution is -2.42. The lowest BCUT2D eigenvalue weighted by molar-refractivity contribution is -0.132. The second kappa shape index (κ2) is 4.76. The van der Waals surface area contributed by atoms with E-state index in [1.807, 2.05) is 31.3 Å². The van der Waals surface area contributed by atoms with E-state index in [2.05, 4.69) is 6.92 Å². The van der Waals surface area contributed by atoms with Crippen LogP contribution in [0.15, 0.2) is 24.3 Å². The molecule has 1 aromatic rings. The normalized spacial score (nSPS) is 27.8. The number of rotatable bonds is 3. The maximum atomic E-state index is 12.1. The second-order valence-corrected chi connectivity index (χ2v) is 5.54. The van der Waals surface area contributed by atoms with Gasteiger partial charge in [-0.25, -0.2) is 0 Å². The Morgan fingerprint density at radius 1 is 1.37 bits per heavy atom. The van der Waals surface area contributed by atoms with Crippen LogP contribution in [0, 0.1) is 11.8 Å². The van der Waals surface area contributed by atoms with Crippen LogP contribution < -0.4 is 9.47 Å². The molecule has 4 nitrogen and oxygen atoms in total. The van der Waals surface area contributed by atoms with E-state index < -0.39 is 0 Å². The molecule has 0 saturated heterocycles. The molecule has 4 heteroatoms. The maximum Gasteiger partial charge on any atom is 0.225 e. The summed E-state index contributed by atoms with van der Waals surface area (Å²) >= 11 is 0. The number of fused-ring (bicyclic) bond motifs is 1. The van der Waals surface area contributed by atoms with Gasteiger partial charge < -0.3 is 14.4 Å². The lowest BCUT2D eigenvalue weighted by atomic mass is 10.2. The van der Waals surface area contributed by atoms with Crippen molar-refractivity contribution in [3.05, 3.63) is 24.3 Å². The number of carbonyl (C=O) groups excluding carboxylic acids is 1. The minimum absolute atomic E-state index is 0.0853. The number of hydrogen-bond acceptors (Lipinski definition) is 3. The van der Waals surface area contributed by atoms with Gasteiger partial charge in [-0.05, 0) is 24.5 Å². The van der Waals surface area contributed by atoms with Gasteiger partial charge in [-0.2, -0.15) is 0 Å². The maximum absolute atomic E-state index is 12.1. The summed E-state index contributed by atoms with van der Waals surface area (Å²) < 4.78 is 11.5. The van der Waals surface area contributed by atoms with Gasteiger partial charge in [0.2, 0.25) is 5.91 Å². The number of likely N-dealkylation sites (N-methyl/N-ethyl adjacent to an activating group) is 1. The summed E-state index contributed by atoms with van der Waals surface area (Å²) in [6.07, 6.45) is 0.937. The Labute approximate surface area is 113 Å². The Kier molecular flexibility index (Phi) is 3.09. The van der Waals surface area contributed by atoms with Crippen LogP contribution >= 0.6 is 0 Å². The minimum atomic E-state index is -0.0853. The highest BCUT2D eigenvalue weighted by molar-refractivity contribution is 5.81. The van der Waals surface area contributed by atoms with Crippen LogP contribution in [-0.4, -0.2) is 37.1 Å². The molecule has 102 valence electrons. The average Bonchev–Trinajstić information content (AvgIpc) is 3.15. The fraction of sp³-hybridized carbons (Fsp3) is 0.533. The fourth-order valence-corrected chi connectivity index (χ4v) is 2.50. The topological polar surface area (TPSA) is 38.8 Å². The van der Waals surface area contributed by atoms with Gasteiger partial charge in [0.25, 0.3) is 0 Å². The van der Waals surface area contributed by atoms with Crippen molar-refractivity contribution in [2.75, 3.05) is 20.2 Å². The Balaban J connectivity index is 1.58. The molecule has 1 aromatic carbocycles. The van der Waals surface area contributed by atoms with Gasteiger partial charge in [0.05, 0.1) is 6.54 Å². The van der Waals surface area contributed by atoms with Gasteiger partial charge >= 0.3 is 0 Å². The van der Waals surface area contributed by atoms with Crippen molar-refractivity contribution >= 4 is 5.91 Å². The molecule has 0 spiro atoms. The van der Waals surface area contributed by atoms with E-state index in [0.29, 0.717) is 19.1 Å². The predicted molar refractivity (Wildman–Crippen MR) is 71.3 cm³/mol. The molecular weight excluding hydrogens is 242 g/mol. The molecule has 0 bridgehead atoms. The summed E-state index contributed by atoms with van der Waals surface area (Å²) in [6, 6.07) is 7.64. The van der Waals surface area contributed by atoms with E-state index in [0.717, 1.165) is 17.9 Å². The molecule has 19 heavy (non-hydrogen) atoms. The zero-order chi connectivity index (χ0) is 13.4. The van der Waals surface area contributed by atoms with Gasteiger partial charge in [-0.1, -0.05) is 19.1 Å². The first-order chi connectivity index (χ1) is 9.15. The Morgan fingerprint density at radius 2 is 2.05 bits per heavy atom. The summed E-state index contributed by atoms with van der Waals surface area (Å²) in [5.74, 6) is 2.54. The first-order valence-corrected chi connectivity index (χ1v) is 6.78. The highest BCUT2D eigenvalue weighted by atomic mass is 16.6. The van der Waals surface area contributed by atoms with Gasteiger partial charge in [-0.15, -0.1) is 0 Å². The number of para-hydroxylation sites is 2. The van der Waals surface area contributed by atoms with Crippen molar-refractivity contribution in [2.45, 2.75) is 19.4 Å². The predicted octanol–water partition coefficient (Wildman–Crippen LogP) is 1.94. The number of ether oxygens (including phenoxy) is 2. The molecule has 0 radical (unpaired) electrons. The second-order valence-electron chi connectivity index (χ2n) is 5.54. The zero-order valence-electron chi connectivity index (χ0n) is 11.3. The molecule has 0 N–H and O–H groups in total. The van der Waals surface area contributed by atoms with Crippen molar-refractivity contribution in [3.63, 3.8) is 0 Å². The van der Waals surface area contributed by atoms with Crippen LogP contribution in [0.1, 0.15) is 13.3 Å². The van der Waals surface area contributed by atoms with E-state index in [1.165, 1.54) is 0 Å². The third-order valence-corrected chi connectivity index (χ3v) is 3.85. The fourth-order valence-electron chi connectivity index (χ4n) is 2.50. The highest BCUT2D eigenvalue weighted by Gasteiger charge is 2.41. The first kappa shape index (κ1) is 12.3. The molecule has 1 aliphatic heterocycles. The van der Waals surface area contributed by atoms with E-state index in [9.17, 15) is 4.79 Å². The van der Waals surface area contributed by atoms with E-state index >= 15 is 0 Å². The third kappa shape index (κ3) is 2.53. The van der Waals surface area contributed by atoms with Crippen LogP contribution in [0.4, 0.5) is 0 Å². The van der Waals surface area contributed by atoms with Crippen LogP contribution in [0.2, 0.25) is 0 Å². The zero-order valence-corrected chi connectivity index (χ0v) is 11.3. The highest BCUT2D eigenvalue weighted by Crippen LogP contribution is 2.39. The van der Waals surface area contributed by atoms with Gasteiger partial charge in [0.1, 0.15) is 6.61 Å². The molecular formula is C15H19NO3. The van der Waals surface area contributed by atoms with Gasteiger partial charge in [-0.3, -0.25) is 4.79 Å². The van der Waals surface area contributed by atoms with E-state index in [4.69, 9.17) is 9.47 Å². The van der Waals surface area contributed by atoms with Crippen molar-refractivity contribution in [1.29, 1.82) is 0 Å². The van der Waals surface area contributed by atoms with E-state index in [1.54, 1.807) is 4.90 Å². The van der Waals surface area contributed by atoms with Crippen molar-refractivity contribution < 1.29 is 14.3 Å². The van der Waals surface area contributed by atoms with Crippen molar-refractivity contribution in [3.8, 4) is 11.5 Å². The Bertz CT molecular complexity index is 488. The first-order valence-electron chi connectivity index (χ1n) is 6.78. The van der Waals surface area contributed by atoms with Crippen molar-refractivity contribution in [2.24, 2.45) is 11.8 Å². The molecule has 1 fully saturated rings. The van der Waals surface area contributed by atoms with Crippen LogP contribution in [-0.2, 0) is 4.79 Å². The molecule has 0 aromatic heterocycles. The summed E-state index contributed by atoms with van der Waals surface area (Å²) in [5.41, 5.74) is 0. The molecule has 1 amide bonds. The van der Waals surface area contributed by atoms with Crippen LogP contribution in [0.25, 0.3) is 0 Å². The number of hydrogen-bond donors (Lipinski definition) is 0. The average molecular weight is 261 g/mol. The van der Waals surface area contributed by atoms with Crippen LogP contribution in [0.5, 0.6) is 11.5 Å². The summed E-state index contributed by atoms with van der Waals surface area (Å²) in [6.45, 7) is 3.19. The summed E-state index contributed by atoms with van der Waals surface area (Å²) in [4.78, 5) is 13.8. The Morgan fingerprint density at radius 3 is 2.74 bits per heavy atom. The quantitative estimate of drug-likeness (QED) is 0.834. The number of amides is 1. The van der Waals surface area contributed by atoms with Gasteiger partial charge in [0, 0.05) is 13.0 Å². The molecule has 1 heterocycles. The van der Waals surface area contributed by atoms with Crippen molar-refractivity contribution in [1.82, 2.24) is 4.90 Å². The standard InChI is InChI=1S/C15H19NO3/c1-10-7-12(10)15(17)16(2)8-11-9-18-13-5-3-4-6-14(13)19-11/h3-6,10-12H,7-9H2,1-2H3. The summed E-state index contributed by atoms with van der Waals surface area (Å²) in [7, 11) is 1.84. The number of nitrogens with zero attached hydrogens (tertiary/aromatic N) is 1. The minimum Gasteiger partial charge on any atom is -0.486 e. The van der Waals surface area contributed by atoms with Crippen LogP contribution in [0.3, 0.4) is 0 Å². The smallest absolute Gasteiger partial charge is 0.225 e. The molecule has 2 aliphatic rings. The molecule has 3 unspecified atom stereocenters. The molecule has 1 aliphatic carbocycles. The van der Waals surface area contributed by atoms with Gasteiger partial charge in [0.15, 0.2) is 17.6 Å². The number of carbonyl (C=O) groups is 1. The molecule has 3 atom stereocenters. The largest absolute Gasteiger partial charge is 0.486 e. The van der Waals surface area contributed by atoms with E-state index in [-0.39, 0.29) is 17.9 Å². The lowest BCUT2D eigenvalue weighted by Gasteiger charge is -2.29. The molecule has 1 saturated carbocycles. The monoisotopic (exact) mass is 261 g/mol. The number of benzene rings is 1. The Hall–Kier alpha value is -1.71.